The van der Waals surface area contributed by atoms with Crippen LogP contribution in [-0.4, -0.2) is 52.4 Å². The Kier molecular flexibility index (Phi) is 5.09. The number of nitrogens with one attached hydrogen (secondary N) is 2. The van der Waals surface area contributed by atoms with Gasteiger partial charge in [-0.15, -0.1) is 0 Å². The molecule has 4 N–H and O–H groups in total. The lowest BCUT2D eigenvalue weighted by Gasteiger charge is -2.47. The Morgan fingerprint density at radius 1 is 1.25 bits per heavy atom. The molecule has 0 radical (unpaired) electrons. The van der Waals surface area contributed by atoms with Gasteiger partial charge in [-0.25, -0.2) is 13.8 Å². The number of nitrogens with two attached hydrogens (primary N) is 1. The van der Waals surface area contributed by atoms with Crippen molar-refractivity contribution >= 4 is 23.1 Å². The molecule has 8 nitrogen and oxygen atoms in total. The van der Waals surface area contributed by atoms with E-state index in [0.29, 0.717) is 17.5 Å². The van der Waals surface area contributed by atoms with Crippen LogP contribution in [0, 0.1) is 11.6 Å². The van der Waals surface area contributed by atoms with E-state index in [1.54, 1.807) is 18.0 Å². The van der Waals surface area contributed by atoms with E-state index >= 15 is 0 Å². The van der Waals surface area contributed by atoms with Gasteiger partial charge in [0.25, 0.3) is 0 Å². The van der Waals surface area contributed by atoms with Crippen molar-refractivity contribution in [2.24, 2.45) is 5.73 Å². The molecule has 0 bridgehead atoms. The minimum Gasteiger partial charge on any atom is -0.455 e. The summed E-state index contributed by atoms with van der Waals surface area (Å²) in [6, 6.07) is 3.45. The molecule has 172 valence electrons. The summed E-state index contributed by atoms with van der Waals surface area (Å²) in [6.07, 6.45) is 4.63. The second-order valence-electron chi connectivity index (χ2n) is 9.52. The van der Waals surface area contributed by atoms with E-state index in [0.717, 1.165) is 25.6 Å². The lowest BCUT2D eigenvalue weighted by molar-refractivity contribution is 0.0500. The molecule has 4 heterocycles. The van der Waals surface area contributed by atoms with Crippen molar-refractivity contribution in [3.05, 3.63) is 30.0 Å². The van der Waals surface area contributed by atoms with Gasteiger partial charge in [-0.1, -0.05) is 0 Å². The highest BCUT2D eigenvalue weighted by Gasteiger charge is 2.43. The van der Waals surface area contributed by atoms with E-state index in [1.807, 2.05) is 0 Å². The summed E-state index contributed by atoms with van der Waals surface area (Å²) in [5.41, 5.74) is 6.69. The number of aromatic nitrogens is 2. The molecule has 5 rings (SSSR count). The van der Waals surface area contributed by atoms with Crippen LogP contribution >= 0.6 is 0 Å². The zero-order valence-electron chi connectivity index (χ0n) is 18.5. The molecule has 10 heteroatoms. The summed E-state index contributed by atoms with van der Waals surface area (Å²) < 4.78 is 34.5. The molecule has 1 aromatic heterocycles. The zero-order chi connectivity index (χ0) is 22.6. The van der Waals surface area contributed by atoms with Crippen LogP contribution in [0.3, 0.4) is 0 Å². The van der Waals surface area contributed by atoms with Crippen molar-refractivity contribution in [3.8, 4) is 5.75 Å². The van der Waals surface area contributed by atoms with E-state index in [2.05, 4.69) is 39.3 Å². The standard InChI is InChI=1S/C22H29F2N7O/c1-22(2)10-12(7-13-5-4-6-31(13)22)27-19-15(24)11-26-21(29-19)28-16-9-17-18(8-14(16)23)32-20(25)30(17)3/h8-9,11-13,20H,4-7,10,25H2,1-3H3,(H2,26,27,28,29)/t12-,13-,20?/m1/s1. The van der Waals surface area contributed by atoms with Crippen molar-refractivity contribution in [2.75, 3.05) is 29.1 Å². The highest BCUT2D eigenvalue weighted by atomic mass is 19.1. The number of rotatable bonds is 4. The summed E-state index contributed by atoms with van der Waals surface area (Å²) in [5.74, 6) is -0.471. The van der Waals surface area contributed by atoms with Crippen molar-refractivity contribution in [2.45, 2.75) is 63.5 Å². The fraction of sp³-hybridized carbons (Fsp3) is 0.545. The second-order valence-corrected chi connectivity index (χ2v) is 9.52. The quantitative estimate of drug-likeness (QED) is 0.660. The van der Waals surface area contributed by atoms with E-state index in [4.69, 9.17) is 10.5 Å². The fourth-order valence-electron chi connectivity index (χ4n) is 5.32. The molecule has 0 saturated carbocycles. The maximum atomic E-state index is 14.6. The third kappa shape index (κ3) is 3.71. The number of ether oxygens (including phenoxy) is 1. The third-order valence-corrected chi connectivity index (χ3v) is 6.85. The first-order chi connectivity index (χ1) is 15.2. The van der Waals surface area contributed by atoms with Crippen LogP contribution in [0.4, 0.5) is 31.9 Å². The number of halogens is 2. The zero-order valence-corrected chi connectivity index (χ0v) is 18.5. The predicted molar refractivity (Wildman–Crippen MR) is 119 cm³/mol. The summed E-state index contributed by atoms with van der Waals surface area (Å²) in [6.45, 7) is 5.61. The van der Waals surface area contributed by atoms with Gasteiger partial charge in [0.05, 0.1) is 17.6 Å². The Bertz CT molecular complexity index is 1030. The van der Waals surface area contributed by atoms with Crippen LogP contribution in [0.2, 0.25) is 0 Å². The molecule has 0 aliphatic carbocycles. The Morgan fingerprint density at radius 3 is 2.88 bits per heavy atom. The molecule has 0 spiro atoms. The molecule has 2 saturated heterocycles. The highest BCUT2D eigenvalue weighted by molar-refractivity contribution is 5.71. The van der Waals surface area contributed by atoms with Crippen LogP contribution in [0.25, 0.3) is 0 Å². The Morgan fingerprint density at radius 2 is 2.06 bits per heavy atom. The molecule has 3 atom stereocenters. The number of fused-ring (bicyclic) bond motifs is 2. The largest absolute Gasteiger partial charge is 0.455 e. The van der Waals surface area contributed by atoms with Crippen LogP contribution in [0.15, 0.2) is 18.3 Å². The lowest BCUT2D eigenvalue weighted by atomic mass is 9.84. The minimum atomic E-state index is -0.673. The van der Waals surface area contributed by atoms with E-state index in [-0.39, 0.29) is 29.0 Å². The maximum Gasteiger partial charge on any atom is 0.229 e. The van der Waals surface area contributed by atoms with Crippen LogP contribution in [0.1, 0.15) is 39.5 Å². The molecule has 2 aromatic rings. The average molecular weight is 446 g/mol. The number of benzene rings is 1. The molecule has 0 amide bonds. The number of anilines is 4. The van der Waals surface area contributed by atoms with Gasteiger partial charge in [-0.2, -0.15) is 4.98 Å². The smallest absolute Gasteiger partial charge is 0.229 e. The fourth-order valence-corrected chi connectivity index (χ4v) is 5.32. The van der Waals surface area contributed by atoms with Gasteiger partial charge in [0, 0.05) is 30.7 Å². The SMILES string of the molecule is CN1c2cc(Nc3ncc(F)c(N[C@@H]4C[C@H]5CCCN5C(C)(C)C4)n3)c(F)cc2OC1N. The predicted octanol–water partition coefficient (Wildman–Crippen LogP) is 3.39. The van der Waals surface area contributed by atoms with Gasteiger partial charge < -0.3 is 20.3 Å². The lowest BCUT2D eigenvalue weighted by Crippen LogP contribution is -2.55. The van der Waals surface area contributed by atoms with E-state index in [9.17, 15) is 8.78 Å². The number of piperidine rings is 1. The minimum absolute atomic E-state index is 0.0458. The first-order valence-electron chi connectivity index (χ1n) is 11.0. The first kappa shape index (κ1) is 21.1. The van der Waals surface area contributed by atoms with Gasteiger partial charge in [-0.05, 0) is 52.1 Å². The van der Waals surface area contributed by atoms with Crippen LogP contribution < -0.4 is 26.0 Å². The van der Waals surface area contributed by atoms with Crippen molar-refractivity contribution < 1.29 is 13.5 Å². The van der Waals surface area contributed by atoms with Gasteiger partial charge in [0.2, 0.25) is 12.3 Å². The monoisotopic (exact) mass is 445 g/mol. The molecule has 2 fully saturated rings. The Hall–Kier alpha value is -2.72. The van der Waals surface area contributed by atoms with Crippen LogP contribution in [-0.2, 0) is 0 Å². The van der Waals surface area contributed by atoms with E-state index in [1.165, 1.54) is 18.9 Å². The molecular formula is C22H29F2N7O. The van der Waals surface area contributed by atoms with Gasteiger partial charge in [0.1, 0.15) is 5.75 Å². The van der Waals surface area contributed by atoms with Gasteiger partial charge in [0.15, 0.2) is 17.5 Å². The summed E-state index contributed by atoms with van der Waals surface area (Å²) >= 11 is 0. The molecule has 32 heavy (non-hydrogen) atoms. The highest BCUT2D eigenvalue weighted by Crippen LogP contribution is 2.40. The van der Waals surface area contributed by atoms with Crippen molar-refractivity contribution in [1.29, 1.82) is 0 Å². The van der Waals surface area contributed by atoms with Crippen LogP contribution in [0.5, 0.6) is 5.75 Å². The first-order valence-corrected chi connectivity index (χ1v) is 11.0. The Labute approximate surface area is 186 Å². The number of hydrogen-bond acceptors (Lipinski definition) is 8. The molecule has 1 aromatic carbocycles. The maximum absolute atomic E-state index is 14.6. The number of hydrogen-bond donors (Lipinski definition) is 3. The van der Waals surface area contributed by atoms with E-state index < -0.39 is 18.0 Å². The molecule has 3 aliphatic heterocycles. The third-order valence-electron chi connectivity index (χ3n) is 6.85. The average Bonchev–Trinajstić information content (AvgIpc) is 3.30. The van der Waals surface area contributed by atoms with Crippen molar-refractivity contribution in [1.82, 2.24) is 14.9 Å². The summed E-state index contributed by atoms with van der Waals surface area (Å²) in [7, 11) is 1.76. The van der Waals surface area contributed by atoms with Gasteiger partial charge in [-0.3, -0.25) is 10.6 Å². The van der Waals surface area contributed by atoms with Gasteiger partial charge >= 0.3 is 0 Å². The second kappa shape index (κ2) is 7.70. The molecule has 1 unspecified atom stereocenters. The summed E-state index contributed by atoms with van der Waals surface area (Å²) in [4.78, 5) is 12.6. The topological polar surface area (TPSA) is 91.6 Å². The molecule has 3 aliphatic rings. The summed E-state index contributed by atoms with van der Waals surface area (Å²) in [5, 5.41) is 6.14. The molecular weight excluding hydrogens is 416 g/mol. The number of nitrogens with zero attached hydrogens (tertiary/aromatic N) is 4. The Balaban J connectivity index is 1.35. The normalized spacial score (nSPS) is 26.4. The van der Waals surface area contributed by atoms with Crippen molar-refractivity contribution in [3.63, 3.8) is 0 Å².